The van der Waals surface area contributed by atoms with Crippen molar-refractivity contribution in [2.24, 2.45) is 0 Å². The minimum atomic E-state index is -1.39. The lowest BCUT2D eigenvalue weighted by Crippen LogP contribution is -2.69. The number of piperidine rings is 1. The molecule has 2 saturated heterocycles. The van der Waals surface area contributed by atoms with Gasteiger partial charge in [0.15, 0.2) is 24.5 Å². The highest BCUT2D eigenvalue weighted by Crippen LogP contribution is 2.43. The van der Waals surface area contributed by atoms with Crippen molar-refractivity contribution in [3.63, 3.8) is 0 Å². The lowest BCUT2D eigenvalue weighted by atomic mass is 9.87. The number of rotatable bonds is 10. The zero-order valence-corrected chi connectivity index (χ0v) is 28.9. The van der Waals surface area contributed by atoms with E-state index in [9.17, 15) is 24.0 Å². The molecule has 0 aliphatic carbocycles. The second-order valence-electron chi connectivity index (χ2n) is 12.4. The molecule has 16 heteroatoms. The number of fused-ring (bicyclic) bond motifs is 1. The van der Waals surface area contributed by atoms with Gasteiger partial charge in [-0.05, 0) is 12.1 Å². The van der Waals surface area contributed by atoms with Crippen molar-refractivity contribution in [3.05, 3.63) is 41.7 Å². The third-order valence-corrected chi connectivity index (χ3v) is 9.00. The largest absolute Gasteiger partial charge is 0.463 e. The van der Waals surface area contributed by atoms with Crippen molar-refractivity contribution in [1.82, 2.24) is 24.8 Å². The van der Waals surface area contributed by atoms with Crippen molar-refractivity contribution >= 4 is 35.5 Å². The number of carbonyl (C=O) groups excluding carboxylic acids is 5. The number of terminal acetylenes is 2. The molecule has 0 N–H and O–H groups in total. The maximum Gasteiger partial charge on any atom is 0.303 e. The van der Waals surface area contributed by atoms with Gasteiger partial charge in [-0.15, -0.1) is 17.9 Å². The van der Waals surface area contributed by atoms with Gasteiger partial charge in [-0.1, -0.05) is 29.2 Å². The monoisotopic (exact) mass is 704 g/mol. The van der Waals surface area contributed by atoms with E-state index in [4.69, 9.17) is 36.5 Å². The number of aromatic nitrogens is 3. The lowest BCUT2D eigenvalue weighted by Gasteiger charge is -2.57. The van der Waals surface area contributed by atoms with Crippen LogP contribution in [0.5, 0.6) is 0 Å². The smallest absolute Gasteiger partial charge is 0.303 e. The number of hydrogen-bond donors (Lipinski definition) is 0. The second kappa shape index (κ2) is 15.6. The summed E-state index contributed by atoms with van der Waals surface area (Å²) in [4.78, 5) is 68.8. The van der Waals surface area contributed by atoms with Gasteiger partial charge in [-0.25, -0.2) is 4.68 Å². The highest BCUT2D eigenvalue weighted by molar-refractivity contribution is 6.02. The first-order valence-electron chi connectivity index (χ1n) is 16.4. The normalized spacial score (nSPS) is 24.1. The third-order valence-electron chi connectivity index (χ3n) is 9.00. The van der Waals surface area contributed by atoms with Gasteiger partial charge in [0.1, 0.15) is 24.1 Å². The van der Waals surface area contributed by atoms with Gasteiger partial charge in [-0.2, -0.15) is 0 Å². The zero-order valence-electron chi connectivity index (χ0n) is 28.9. The van der Waals surface area contributed by atoms with Gasteiger partial charge >= 0.3 is 23.9 Å². The summed E-state index contributed by atoms with van der Waals surface area (Å²) in [6.07, 6.45) is 7.50. The molecule has 3 aliphatic heterocycles. The van der Waals surface area contributed by atoms with Crippen LogP contribution in [0.4, 0.5) is 5.69 Å². The van der Waals surface area contributed by atoms with E-state index in [1.165, 1.54) is 17.8 Å². The standard InChI is InChI=1S/C35H40N6O10/c1-7-15-38-17-13-35(14-18-38)39(16-8-2)28-12-10-9-11-27(28)33(46)40(35)19-26-20-41(37-36-26)34-32(50-25(6)45)31(49-24(5)44)30(48-23(4)43)29(51-34)21-47-22(3)42/h1-2,9-12,20,29-32,34H,13-19,21H2,3-6H3/t29-,30-,31+,32+,34-/m1/s1. The van der Waals surface area contributed by atoms with E-state index in [0.29, 0.717) is 43.7 Å². The molecule has 0 unspecified atom stereocenters. The molecule has 1 aromatic carbocycles. The van der Waals surface area contributed by atoms with Crippen LogP contribution in [0.15, 0.2) is 30.5 Å². The molecular weight excluding hydrogens is 664 g/mol. The summed E-state index contributed by atoms with van der Waals surface area (Å²) in [7, 11) is 0. The molecule has 1 amide bonds. The third kappa shape index (κ3) is 7.82. The molecule has 3 aliphatic rings. The fourth-order valence-electron chi connectivity index (χ4n) is 6.97. The molecule has 4 heterocycles. The number of anilines is 1. The maximum atomic E-state index is 14.3. The molecule has 5 atom stereocenters. The number of likely N-dealkylation sites (tertiary alicyclic amines) is 1. The van der Waals surface area contributed by atoms with Crippen molar-refractivity contribution in [2.75, 3.05) is 37.7 Å². The van der Waals surface area contributed by atoms with E-state index >= 15 is 0 Å². The fraction of sp³-hybridized carbons (Fsp3) is 0.514. The summed E-state index contributed by atoms with van der Waals surface area (Å²) in [5.74, 6) is 2.33. The molecule has 1 spiro atoms. The quantitative estimate of drug-likeness (QED) is 0.195. The van der Waals surface area contributed by atoms with E-state index in [-0.39, 0.29) is 19.0 Å². The lowest BCUT2D eigenvalue weighted by molar-refractivity contribution is -0.270. The number of amides is 1. The van der Waals surface area contributed by atoms with Gasteiger partial charge in [0.05, 0.1) is 37.1 Å². The van der Waals surface area contributed by atoms with Gasteiger partial charge < -0.3 is 33.5 Å². The average molecular weight is 705 g/mol. The van der Waals surface area contributed by atoms with Crippen molar-refractivity contribution < 1.29 is 47.7 Å². The van der Waals surface area contributed by atoms with E-state index in [0.717, 1.165) is 26.5 Å². The SMILES string of the molecule is C#CCN1CCC2(CC1)N(Cc1cn([C@@H]3O[C@H](COC(C)=O)[C@@H](OC(C)=O)[C@H](OC(C)=O)[C@@H]3OC(C)=O)nn1)C(=O)c1ccccc1N2CC#C. The summed E-state index contributed by atoms with van der Waals surface area (Å²) in [6.45, 7) is 6.18. The Hall–Kier alpha value is -5.45. The molecule has 270 valence electrons. The van der Waals surface area contributed by atoms with Crippen LogP contribution in [-0.4, -0.2) is 117 Å². The van der Waals surface area contributed by atoms with Crippen LogP contribution in [-0.2, 0) is 49.4 Å². The minimum Gasteiger partial charge on any atom is -0.463 e. The first-order valence-corrected chi connectivity index (χ1v) is 16.4. The predicted molar refractivity (Wildman–Crippen MR) is 177 cm³/mol. The molecular formula is C35H40N6O10. The Bertz CT molecular complexity index is 1740. The number of esters is 4. The number of carbonyl (C=O) groups is 5. The maximum absolute atomic E-state index is 14.3. The highest BCUT2D eigenvalue weighted by Gasteiger charge is 2.54. The topological polar surface area (TPSA) is 172 Å². The molecule has 5 rings (SSSR count). The zero-order chi connectivity index (χ0) is 36.9. The van der Waals surface area contributed by atoms with Crippen LogP contribution in [0.3, 0.4) is 0 Å². The Morgan fingerprint density at radius 1 is 0.882 bits per heavy atom. The number of benzene rings is 1. The summed E-state index contributed by atoms with van der Waals surface area (Å²) in [5.41, 5.74) is 0.752. The van der Waals surface area contributed by atoms with Crippen molar-refractivity contribution in [3.8, 4) is 24.7 Å². The van der Waals surface area contributed by atoms with E-state index in [1.807, 2.05) is 12.1 Å². The average Bonchev–Trinajstić information content (AvgIpc) is 3.55. The van der Waals surface area contributed by atoms with Crippen LogP contribution < -0.4 is 4.90 Å². The summed E-state index contributed by atoms with van der Waals surface area (Å²) in [6, 6.07) is 7.30. The van der Waals surface area contributed by atoms with Crippen LogP contribution in [0.25, 0.3) is 0 Å². The Morgan fingerprint density at radius 3 is 2.14 bits per heavy atom. The first-order chi connectivity index (χ1) is 24.4. The number of nitrogens with zero attached hydrogens (tertiary/aromatic N) is 6. The van der Waals surface area contributed by atoms with Gasteiger partial charge in [0.2, 0.25) is 0 Å². The molecule has 2 aromatic rings. The van der Waals surface area contributed by atoms with Crippen LogP contribution in [0.2, 0.25) is 0 Å². The Labute approximate surface area is 295 Å². The number of para-hydroxylation sites is 1. The second-order valence-corrected chi connectivity index (χ2v) is 12.4. The minimum absolute atomic E-state index is 0.00858. The molecule has 16 nitrogen and oxygen atoms in total. The molecule has 1 aromatic heterocycles. The van der Waals surface area contributed by atoms with E-state index in [1.54, 1.807) is 17.0 Å². The van der Waals surface area contributed by atoms with Gasteiger partial charge in [0, 0.05) is 53.6 Å². The molecule has 0 bridgehead atoms. The summed E-state index contributed by atoms with van der Waals surface area (Å²) in [5, 5.41) is 8.63. The fourth-order valence-corrected chi connectivity index (χ4v) is 6.97. The summed E-state index contributed by atoms with van der Waals surface area (Å²) < 4.78 is 29.3. The van der Waals surface area contributed by atoms with E-state index < -0.39 is 66.8 Å². The first kappa shape index (κ1) is 36.8. The van der Waals surface area contributed by atoms with Crippen molar-refractivity contribution in [2.45, 2.75) is 83.4 Å². The Balaban J connectivity index is 1.53. The van der Waals surface area contributed by atoms with Crippen molar-refractivity contribution in [1.29, 1.82) is 0 Å². The molecule has 0 saturated carbocycles. The number of hydrogen-bond acceptors (Lipinski definition) is 14. The van der Waals surface area contributed by atoms with E-state index in [2.05, 4.69) is 32.0 Å². The number of ether oxygens (including phenoxy) is 5. The highest BCUT2D eigenvalue weighted by atomic mass is 16.7. The van der Waals surface area contributed by atoms with Gasteiger partial charge in [-0.3, -0.25) is 28.9 Å². The summed E-state index contributed by atoms with van der Waals surface area (Å²) >= 11 is 0. The molecule has 2 fully saturated rings. The molecule has 51 heavy (non-hydrogen) atoms. The van der Waals surface area contributed by atoms with Crippen LogP contribution in [0, 0.1) is 24.7 Å². The molecule has 0 radical (unpaired) electrons. The van der Waals surface area contributed by atoms with Crippen LogP contribution >= 0.6 is 0 Å². The van der Waals surface area contributed by atoms with Crippen LogP contribution in [0.1, 0.15) is 62.8 Å². The Kier molecular flexibility index (Phi) is 11.3. The Morgan fingerprint density at radius 2 is 1.51 bits per heavy atom. The van der Waals surface area contributed by atoms with Gasteiger partial charge in [0.25, 0.3) is 5.91 Å². The predicted octanol–water partition coefficient (Wildman–Crippen LogP) is 1.05.